The monoisotopic (exact) mass is 390 g/mol. The van der Waals surface area contributed by atoms with Crippen LogP contribution >= 0.6 is 23.2 Å². The third-order valence-electron chi connectivity index (χ3n) is 4.54. The fourth-order valence-corrected chi connectivity index (χ4v) is 3.52. The zero-order valence-electron chi connectivity index (χ0n) is 13.8. The van der Waals surface area contributed by atoms with E-state index >= 15 is 0 Å². The molecule has 0 bridgehead atoms. The zero-order chi connectivity index (χ0) is 18.3. The lowest BCUT2D eigenvalue weighted by atomic mass is 10.0. The summed E-state index contributed by atoms with van der Waals surface area (Å²) < 4.78 is 11.6. The van der Waals surface area contributed by atoms with Crippen LogP contribution in [0.4, 0.5) is 0 Å². The van der Waals surface area contributed by atoms with Crippen LogP contribution in [0.15, 0.2) is 41.0 Å². The van der Waals surface area contributed by atoms with Crippen LogP contribution in [0.3, 0.4) is 0 Å². The standard InChI is InChI=1S/C20H16Cl2O4/c21-14-4-3-12(17(22)6-14)9-25-18-8-19-16(7-15(18)11-1-2-11)13(10-26-19)5-20(23)24/h3-4,6-8,10-11H,1-2,5,9H2,(H,23,24). The highest BCUT2D eigenvalue weighted by Gasteiger charge is 2.28. The summed E-state index contributed by atoms with van der Waals surface area (Å²) in [5.41, 5.74) is 3.25. The van der Waals surface area contributed by atoms with E-state index < -0.39 is 5.97 Å². The molecule has 0 amide bonds. The normalized spacial score (nSPS) is 13.9. The van der Waals surface area contributed by atoms with Gasteiger partial charge in [0.2, 0.25) is 0 Å². The Balaban J connectivity index is 1.65. The van der Waals surface area contributed by atoms with Gasteiger partial charge in [0.15, 0.2) is 0 Å². The molecule has 1 heterocycles. The van der Waals surface area contributed by atoms with Gasteiger partial charge >= 0.3 is 5.97 Å². The predicted molar refractivity (Wildman–Crippen MR) is 100 cm³/mol. The smallest absolute Gasteiger partial charge is 0.307 e. The molecule has 0 saturated heterocycles. The number of fused-ring (bicyclic) bond motifs is 1. The first-order chi connectivity index (χ1) is 12.5. The van der Waals surface area contributed by atoms with Crippen LogP contribution in [-0.2, 0) is 17.8 Å². The molecule has 1 fully saturated rings. The maximum atomic E-state index is 11.0. The van der Waals surface area contributed by atoms with Crippen molar-refractivity contribution >= 4 is 40.1 Å². The minimum absolute atomic E-state index is 0.0578. The van der Waals surface area contributed by atoms with Gasteiger partial charge in [-0.1, -0.05) is 29.3 Å². The molecule has 4 nitrogen and oxygen atoms in total. The van der Waals surface area contributed by atoms with Gasteiger partial charge in [-0.15, -0.1) is 0 Å². The van der Waals surface area contributed by atoms with Crippen molar-refractivity contribution in [2.75, 3.05) is 0 Å². The largest absolute Gasteiger partial charge is 0.488 e. The summed E-state index contributed by atoms with van der Waals surface area (Å²) in [6.45, 7) is 0.323. The molecule has 1 aliphatic rings. The molecule has 0 atom stereocenters. The number of carboxylic acid groups (broad SMARTS) is 1. The first-order valence-corrected chi connectivity index (χ1v) is 9.09. The quantitative estimate of drug-likeness (QED) is 0.575. The maximum absolute atomic E-state index is 11.0. The van der Waals surface area contributed by atoms with Crippen LogP contribution in [0.1, 0.15) is 35.4 Å². The number of furan rings is 1. The van der Waals surface area contributed by atoms with Gasteiger partial charge in [0, 0.05) is 32.6 Å². The molecule has 1 N–H and O–H groups in total. The van der Waals surface area contributed by atoms with Gasteiger partial charge in [-0.3, -0.25) is 4.79 Å². The Labute approximate surface area is 160 Å². The van der Waals surface area contributed by atoms with Gasteiger partial charge in [-0.05, 0) is 42.5 Å². The van der Waals surface area contributed by atoms with E-state index in [0.29, 0.717) is 33.7 Å². The fourth-order valence-electron chi connectivity index (χ4n) is 3.06. The van der Waals surface area contributed by atoms with Crippen molar-refractivity contribution in [1.29, 1.82) is 0 Å². The van der Waals surface area contributed by atoms with Crippen molar-refractivity contribution in [3.8, 4) is 5.75 Å². The van der Waals surface area contributed by atoms with Crippen LogP contribution in [0.5, 0.6) is 5.75 Å². The van der Waals surface area contributed by atoms with Crippen molar-refractivity contribution in [2.45, 2.75) is 31.8 Å². The van der Waals surface area contributed by atoms with E-state index in [-0.39, 0.29) is 6.42 Å². The minimum atomic E-state index is -0.877. The highest BCUT2D eigenvalue weighted by Crippen LogP contribution is 2.46. The van der Waals surface area contributed by atoms with Crippen LogP contribution in [-0.4, -0.2) is 11.1 Å². The number of hydrogen-bond donors (Lipinski definition) is 1. The molecular weight excluding hydrogens is 375 g/mol. The molecule has 26 heavy (non-hydrogen) atoms. The summed E-state index contributed by atoms with van der Waals surface area (Å²) >= 11 is 12.2. The third kappa shape index (κ3) is 3.53. The Bertz CT molecular complexity index is 989. The van der Waals surface area contributed by atoms with Crippen LogP contribution in [0, 0.1) is 0 Å². The fraction of sp³-hybridized carbons (Fsp3) is 0.250. The van der Waals surface area contributed by atoms with Crippen molar-refractivity contribution in [1.82, 2.24) is 0 Å². The Morgan fingerprint density at radius 2 is 2.00 bits per heavy atom. The molecule has 6 heteroatoms. The number of hydrogen-bond acceptors (Lipinski definition) is 3. The zero-order valence-corrected chi connectivity index (χ0v) is 15.3. The maximum Gasteiger partial charge on any atom is 0.307 e. The van der Waals surface area contributed by atoms with Gasteiger partial charge in [0.1, 0.15) is 17.9 Å². The molecule has 1 saturated carbocycles. The second-order valence-corrected chi connectivity index (χ2v) is 7.36. The molecule has 1 aliphatic carbocycles. The number of halogens is 2. The molecule has 2 aromatic carbocycles. The van der Waals surface area contributed by atoms with Gasteiger partial charge in [-0.25, -0.2) is 0 Å². The number of aliphatic carboxylic acids is 1. The lowest BCUT2D eigenvalue weighted by Crippen LogP contribution is -2.00. The Morgan fingerprint density at radius 1 is 1.19 bits per heavy atom. The van der Waals surface area contributed by atoms with E-state index in [1.54, 1.807) is 12.1 Å². The average Bonchev–Trinajstić information content (AvgIpc) is 3.36. The second kappa shape index (κ2) is 6.86. The first kappa shape index (κ1) is 17.3. The summed E-state index contributed by atoms with van der Waals surface area (Å²) in [5, 5.41) is 11.0. The van der Waals surface area contributed by atoms with E-state index in [4.69, 9.17) is 37.5 Å². The Morgan fingerprint density at radius 3 is 2.69 bits per heavy atom. The van der Waals surface area contributed by atoms with E-state index in [1.165, 1.54) is 6.26 Å². The number of carbonyl (C=O) groups is 1. The second-order valence-electron chi connectivity index (χ2n) is 6.52. The molecule has 4 rings (SSSR count). The van der Waals surface area contributed by atoms with Crippen molar-refractivity contribution in [3.05, 3.63) is 63.3 Å². The molecule has 0 radical (unpaired) electrons. The Kier molecular flexibility index (Phi) is 4.55. The summed E-state index contributed by atoms with van der Waals surface area (Å²) in [4.78, 5) is 11.0. The van der Waals surface area contributed by atoms with Gasteiger partial charge in [-0.2, -0.15) is 0 Å². The summed E-state index contributed by atoms with van der Waals surface area (Å²) in [5.74, 6) is 0.322. The summed E-state index contributed by atoms with van der Waals surface area (Å²) in [6.07, 6.45) is 3.67. The molecule has 0 spiro atoms. The number of ether oxygens (including phenoxy) is 1. The van der Waals surface area contributed by atoms with Crippen LogP contribution in [0.2, 0.25) is 10.0 Å². The first-order valence-electron chi connectivity index (χ1n) is 8.34. The summed E-state index contributed by atoms with van der Waals surface area (Å²) in [7, 11) is 0. The third-order valence-corrected chi connectivity index (χ3v) is 5.13. The SMILES string of the molecule is O=C(O)Cc1coc2cc(OCc3ccc(Cl)cc3Cl)c(C3CC3)cc12. The van der Waals surface area contributed by atoms with Gasteiger partial charge in [0.25, 0.3) is 0 Å². The average molecular weight is 391 g/mol. The van der Waals surface area contributed by atoms with E-state index in [2.05, 4.69) is 0 Å². The van der Waals surface area contributed by atoms with Crippen molar-refractivity contribution < 1.29 is 19.1 Å². The number of benzene rings is 2. The molecule has 1 aromatic heterocycles. The molecule has 3 aromatic rings. The molecule has 134 valence electrons. The van der Waals surface area contributed by atoms with Gasteiger partial charge < -0.3 is 14.3 Å². The highest BCUT2D eigenvalue weighted by atomic mass is 35.5. The van der Waals surface area contributed by atoms with Crippen LogP contribution in [0.25, 0.3) is 11.0 Å². The lowest BCUT2D eigenvalue weighted by Gasteiger charge is -2.13. The van der Waals surface area contributed by atoms with Crippen molar-refractivity contribution in [2.24, 2.45) is 0 Å². The van der Waals surface area contributed by atoms with E-state index in [1.807, 2.05) is 18.2 Å². The van der Waals surface area contributed by atoms with E-state index in [9.17, 15) is 4.79 Å². The Hall–Kier alpha value is -2.17. The molecular formula is C20H16Cl2O4. The number of rotatable bonds is 6. The molecule has 0 unspecified atom stereocenters. The predicted octanol–water partition coefficient (Wildman–Crippen LogP) is 5.82. The van der Waals surface area contributed by atoms with Crippen LogP contribution < -0.4 is 4.74 Å². The minimum Gasteiger partial charge on any atom is -0.488 e. The summed E-state index contributed by atoms with van der Waals surface area (Å²) in [6, 6.07) is 9.17. The topological polar surface area (TPSA) is 59.7 Å². The highest BCUT2D eigenvalue weighted by molar-refractivity contribution is 6.35. The van der Waals surface area contributed by atoms with Gasteiger partial charge in [0.05, 0.1) is 12.7 Å². The number of carboxylic acids is 1. The molecule has 0 aliphatic heterocycles. The van der Waals surface area contributed by atoms with Crippen molar-refractivity contribution in [3.63, 3.8) is 0 Å². The van der Waals surface area contributed by atoms with E-state index in [0.717, 1.165) is 35.1 Å². The lowest BCUT2D eigenvalue weighted by molar-refractivity contribution is -0.136.